The van der Waals surface area contributed by atoms with Crippen molar-refractivity contribution in [2.75, 3.05) is 19.4 Å². The number of furan rings is 1. The molecule has 158 valence electrons. The first kappa shape index (κ1) is 21.4. The summed E-state index contributed by atoms with van der Waals surface area (Å²) in [5.74, 6) is 0.139. The van der Waals surface area contributed by atoms with E-state index in [2.05, 4.69) is 10.6 Å². The van der Waals surface area contributed by atoms with Crippen LogP contribution in [-0.4, -0.2) is 30.9 Å². The summed E-state index contributed by atoms with van der Waals surface area (Å²) in [5.41, 5.74) is 2.35. The Hall–Kier alpha value is -3.35. The third-order valence-corrected chi connectivity index (χ3v) is 4.94. The van der Waals surface area contributed by atoms with Crippen molar-refractivity contribution in [3.05, 3.63) is 65.2 Å². The average Bonchev–Trinajstić information content (AvgIpc) is 3.01. The molecule has 2 aromatic carbocycles. The van der Waals surface area contributed by atoms with E-state index >= 15 is 0 Å². The van der Waals surface area contributed by atoms with Crippen molar-refractivity contribution >= 4 is 28.6 Å². The first-order chi connectivity index (χ1) is 14.2. The molecule has 0 saturated heterocycles. The van der Waals surface area contributed by atoms with E-state index in [-0.39, 0.29) is 17.6 Å². The number of fused-ring (bicyclic) bond motifs is 1. The monoisotopic (exact) mass is 411 g/mol. The fourth-order valence-corrected chi connectivity index (χ4v) is 3.34. The summed E-state index contributed by atoms with van der Waals surface area (Å²) in [6.07, 6.45) is 0. The first-order valence-electron chi connectivity index (χ1n) is 9.75. The van der Waals surface area contributed by atoms with Gasteiger partial charge in [-0.1, -0.05) is 19.9 Å². The number of hydrogen-bond donors (Lipinski definition) is 2. The van der Waals surface area contributed by atoms with Gasteiger partial charge in [0.2, 0.25) is 0 Å². The van der Waals surface area contributed by atoms with Crippen LogP contribution >= 0.6 is 0 Å². The minimum atomic E-state index is -0.422. The lowest BCUT2D eigenvalue weighted by Gasteiger charge is -2.21. The van der Waals surface area contributed by atoms with Gasteiger partial charge in [-0.25, -0.2) is 9.18 Å². The van der Waals surface area contributed by atoms with E-state index in [1.54, 1.807) is 44.4 Å². The predicted octanol–water partition coefficient (Wildman–Crippen LogP) is 5.10. The third kappa shape index (κ3) is 4.45. The molecule has 30 heavy (non-hydrogen) atoms. The van der Waals surface area contributed by atoms with Crippen LogP contribution in [0.4, 0.5) is 14.9 Å². The number of benzene rings is 2. The minimum absolute atomic E-state index is 0.0292. The summed E-state index contributed by atoms with van der Waals surface area (Å²) < 4.78 is 19.6. The average molecular weight is 411 g/mol. The van der Waals surface area contributed by atoms with Gasteiger partial charge in [0.05, 0.1) is 6.04 Å². The molecule has 0 aliphatic heterocycles. The molecular formula is C23H26FN3O3. The summed E-state index contributed by atoms with van der Waals surface area (Å²) in [6, 6.07) is 10.3. The summed E-state index contributed by atoms with van der Waals surface area (Å²) >= 11 is 0. The van der Waals surface area contributed by atoms with Gasteiger partial charge in [-0.15, -0.1) is 0 Å². The Morgan fingerprint density at radius 2 is 1.83 bits per heavy atom. The van der Waals surface area contributed by atoms with Gasteiger partial charge in [0.25, 0.3) is 5.91 Å². The lowest BCUT2D eigenvalue weighted by atomic mass is 9.98. The van der Waals surface area contributed by atoms with E-state index in [9.17, 15) is 14.0 Å². The van der Waals surface area contributed by atoms with Crippen LogP contribution in [0.15, 0.2) is 46.9 Å². The number of carbonyl (C=O) groups is 2. The number of nitrogens with zero attached hydrogens (tertiary/aromatic N) is 1. The lowest BCUT2D eigenvalue weighted by Crippen LogP contribution is -2.35. The largest absolute Gasteiger partial charge is 0.459 e. The van der Waals surface area contributed by atoms with Gasteiger partial charge >= 0.3 is 6.03 Å². The van der Waals surface area contributed by atoms with E-state index < -0.39 is 12.1 Å². The fourth-order valence-electron chi connectivity index (χ4n) is 3.34. The molecule has 0 spiro atoms. The van der Waals surface area contributed by atoms with Crippen molar-refractivity contribution in [2.24, 2.45) is 5.92 Å². The van der Waals surface area contributed by atoms with Crippen LogP contribution in [0.1, 0.15) is 41.6 Å². The van der Waals surface area contributed by atoms with E-state index in [1.807, 2.05) is 20.8 Å². The number of anilines is 1. The maximum Gasteiger partial charge on any atom is 0.319 e. The molecule has 7 heteroatoms. The molecule has 0 radical (unpaired) electrons. The number of halogens is 1. The van der Waals surface area contributed by atoms with Crippen molar-refractivity contribution in [3.63, 3.8) is 0 Å². The molecule has 2 N–H and O–H groups in total. The maximum atomic E-state index is 13.6. The van der Waals surface area contributed by atoms with Crippen molar-refractivity contribution in [1.29, 1.82) is 0 Å². The zero-order valence-corrected chi connectivity index (χ0v) is 17.7. The Morgan fingerprint density at radius 3 is 2.50 bits per heavy atom. The van der Waals surface area contributed by atoms with Crippen LogP contribution in [0.5, 0.6) is 0 Å². The molecule has 0 aliphatic rings. The highest BCUT2D eigenvalue weighted by atomic mass is 19.1. The highest BCUT2D eigenvalue weighted by Gasteiger charge is 2.25. The zero-order chi connectivity index (χ0) is 22.0. The summed E-state index contributed by atoms with van der Waals surface area (Å²) in [4.78, 5) is 26.3. The summed E-state index contributed by atoms with van der Waals surface area (Å²) in [7, 11) is 3.34. The molecule has 3 rings (SSSR count). The Morgan fingerprint density at radius 1 is 1.10 bits per heavy atom. The third-order valence-electron chi connectivity index (χ3n) is 4.94. The van der Waals surface area contributed by atoms with Crippen molar-refractivity contribution in [1.82, 2.24) is 10.2 Å². The van der Waals surface area contributed by atoms with Crippen LogP contribution in [0, 0.1) is 18.7 Å². The Bertz CT molecular complexity index is 1090. The lowest BCUT2D eigenvalue weighted by molar-refractivity contribution is 0.0827. The molecule has 3 aromatic rings. The second-order valence-electron chi connectivity index (χ2n) is 7.83. The van der Waals surface area contributed by atoms with E-state index in [0.717, 1.165) is 5.56 Å². The van der Waals surface area contributed by atoms with Gasteiger partial charge in [-0.3, -0.25) is 4.79 Å². The van der Waals surface area contributed by atoms with Gasteiger partial charge in [0.15, 0.2) is 0 Å². The van der Waals surface area contributed by atoms with Crippen molar-refractivity contribution in [2.45, 2.75) is 26.8 Å². The molecule has 1 atom stereocenters. The minimum Gasteiger partial charge on any atom is -0.459 e. The number of hydrogen-bond acceptors (Lipinski definition) is 3. The van der Waals surface area contributed by atoms with Crippen LogP contribution in [0.3, 0.4) is 0 Å². The number of aryl methyl sites for hydroxylation is 1. The van der Waals surface area contributed by atoms with Gasteiger partial charge in [-0.05, 0) is 49.2 Å². The number of nitrogens with one attached hydrogen (secondary N) is 2. The molecule has 0 aliphatic carbocycles. The van der Waals surface area contributed by atoms with E-state index in [1.165, 1.54) is 17.0 Å². The van der Waals surface area contributed by atoms with Gasteiger partial charge in [0.1, 0.15) is 17.2 Å². The number of carbonyl (C=O) groups excluding carboxylic acids is 2. The second kappa shape index (κ2) is 8.57. The Kier molecular flexibility index (Phi) is 6.10. The molecule has 3 amide bonds. The van der Waals surface area contributed by atoms with Crippen molar-refractivity contribution < 1.29 is 18.4 Å². The Labute approximate surface area is 175 Å². The first-order valence-corrected chi connectivity index (χ1v) is 9.75. The Balaban J connectivity index is 1.81. The fraction of sp³-hybridized carbons (Fsp3) is 0.304. The van der Waals surface area contributed by atoms with E-state index in [4.69, 9.17) is 4.42 Å². The number of amides is 3. The molecular weight excluding hydrogens is 385 g/mol. The van der Waals surface area contributed by atoms with Gasteiger partial charge < -0.3 is 20.0 Å². The normalized spacial score (nSPS) is 12.1. The van der Waals surface area contributed by atoms with Gasteiger partial charge in [0, 0.05) is 36.3 Å². The molecule has 0 unspecified atom stereocenters. The summed E-state index contributed by atoms with van der Waals surface area (Å²) in [6.45, 7) is 5.79. The molecule has 0 fully saturated rings. The van der Waals surface area contributed by atoms with Crippen LogP contribution < -0.4 is 10.6 Å². The predicted molar refractivity (Wildman–Crippen MR) is 115 cm³/mol. The van der Waals surface area contributed by atoms with E-state index in [0.29, 0.717) is 28.0 Å². The smallest absolute Gasteiger partial charge is 0.319 e. The molecule has 1 aromatic heterocycles. The van der Waals surface area contributed by atoms with Crippen LogP contribution in [-0.2, 0) is 0 Å². The second-order valence-corrected chi connectivity index (χ2v) is 7.83. The van der Waals surface area contributed by atoms with Gasteiger partial charge in [-0.2, -0.15) is 0 Å². The highest BCUT2D eigenvalue weighted by Crippen LogP contribution is 2.33. The van der Waals surface area contributed by atoms with Crippen LogP contribution in [0.2, 0.25) is 0 Å². The topological polar surface area (TPSA) is 74.6 Å². The molecule has 0 saturated carbocycles. The standard InChI is InChI=1S/C23H26FN3O3/c1-13(2)20(21-14(3)18-12-16(24)9-10-19(18)30-21)26-23(29)25-17-8-6-7-15(11-17)22(28)27(4)5/h6-13,20H,1-5H3,(H2,25,26,29)/t20-/m1/s1. The molecule has 0 bridgehead atoms. The SMILES string of the molecule is Cc1c([C@H](NC(=O)Nc2cccc(C(=O)N(C)C)c2)C(C)C)oc2ccc(F)cc12. The zero-order valence-electron chi connectivity index (χ0n) is 17.7. The van der Waals surface area contributed by atoms with Crippen LogP contribution in [0.25, 0.3) is 11.0 Å². The molecule has 6 nitrogen and oxygen atoms in total. The quantitative estimate of drug-likeness (QED) is 0.613. The summed E-state index contributed by atoms with van der Waals surface area (Å²) in [5, 5.41) is 6.40. The number of urea groups is 1. The van der Waals surface area contributed by atoms with Crippen molar-refractivity contribution in [3.8, 4) is 0 Å². The maximum absolute atomic E-state index is 13.6. The molecule has 1 heterocycles. The highest BCUT2D eigenvalue weighted by molar-refractivity contribution is 5.96. The number of rotatable bonds is 5.